The predicted octanol–water partition coefficient (Wildman–Crippen LogP) is 4.31. The molecule has 44 heavy (non-hydrogen) atoms. The summed E-state index contributed by atoms with van der Waals surface area (Å²) >= 11 is 0. The smallest absolute Gasteiger partial charge is 0.305 e. The molecule has 232 valence electrons. The minimum atomic E-state index is -1.64. The van der Waals surface area contributed by atoms with Crippen molar-refractivity contribution in [2.75, 3.05) is 12.0 Å². The number of para-hydroxylation sites is 1. The van der Waals surface area contributed by atoms with Gasteiger partial charge in [0.1, 0.15) is 36.2 Å². The molecule has 0 aliphatic carbocycles. The average Bonchev–Trinajstić information content (AvgIpc) is 2.99. The largest absolute Gasteiger partial charge is 0.481 e. The number of ether oxygens (including phenoxy) is 1. The van der Waals surface area contributed by atoms with Gasteiger partial charge in [0, 0.05) is 18.2 Å². The van der Waals surface area contributed by atoms with E-state index in [1.165, 1.54) is 0 Å². The van der Waals surface area contributed by atoms with Crippen molar-refractivity contribution in [1.82, 2.24) is 10.6 Å². The molecule has 0 aliphatic rings. The molecule has 0 bridgehead atoms. The normalized spacial score (nSPS) is 12.8. The minimum absolute atomic E-state index is 0.0276. The Morgan fingerprint density at radius 2 is 1.36 bits per heavy atom. The lowest BCUT2D eigenvalue weighted by Gasteiger charge is -2.24. The van der Waals surface area contributed by atoms with Gasteiger partial charge in [-0.05, 0) is 42.2 Å². The average molecular weight is 606 g/mol. The molecule has 3 aromatic carbocycles. The van der Waals surface area contributed by atoms with Crippen molar-refractivity contribution >= 4 is 35.2 Å². The Labute approximate surface area is 255 Å². The highest BCUT2D eigenvalue weighted by Gasteiger charge is 2.34. The Kier molecular flexibility index (Phi) is 12.6. The van der Waals surface area contributed by atoms with Gasteiger partial charge in [0.05, 0.1) is 6.42 Å². The van der Waals surface area contributed by atoms with Gasteiger partial charge in [-0.3, -0.25) is 24.0 Å². The lowest BCUT2D eigenvalue weighted by atomic mass is 9.93. The summed E-state index contributed by atoms with van der Waals surface area (Å²) in [6, 6.07) is 22.0. The molecule has 3 rings (SSSR count). The predicted molar refractivity (Wildman–Crippen MR) is 162 cm³/mol. The summed E-state index contributed by atoms with van der Waals surface area (Å²) in [6.45, 7) is 2.07. The van der Waals surface area contributed by atoms with E-state index < -0.39 is 60.6 Å². The van der Waals surface area contributed by atoms with Crippen molar-refractivity contribution in [2.24, 2.45) is 11.8 Å². The summed E-state index contributed by atoms with van der Waals surface area (Å²) in [5, 5.41) is 16.8. The van der Waals surface area contributed by atoms with Gasteiger partial charge in [-0.25, -0.2) is 4.39 Å². The van der Waals surface area contributed by atoms with E-state index in [0.29, 0.717) is 17.2 Å². The van der Waals surface area contributed by atoms with Crippen LogP contribution in [0.25, 0.3) is 0 Å². The lowest BCUT2D eigenvalue weighted by molar-refractivity contribution is -0.142. The highest BCUT2D eigenvalue weighted by atomic mass is 19.1. The van der Waals surface area contributed by atoms with Crippen molar-refractivity contribution in [1.29, 1.82) is 0 Å². The van der Waals surface area contributed by atoms with Crippen LogP contribution in [0.15, 0.2) is 84.9 Å². The van der Waals surface area contributed by atoms with Crippen LogP contribution in [0, 0.1) is 11.8 Å². The van der Waals surface area contributed by atoms with E-state index in [9.17, 15) is 28.4 Å². The Hall–Kier alpha value is -5.06. The molecule has 0 spiro atoms. The SMILES string of the molecule is CC(C)CC(C(=O)NC(CC(=O)O)C(=O)CF)C(=O)NC(Cc1ccccc1)C(=O)Nc1cccc(Oc2ccccc2)c1. The zero-order chi connectivity index (χ0) is 32.1. The topological polar surface area (TPSA) is 151 Å². The third-order valence-corrected chi connectivity index (χ3v) is 6.55. The fraction of sp³-hybridized carbons (Fsp3) is 0.303. The molecule has 0 saturated carbocycles. The molecular formula is C33H36FN3O7. The van der Waals surface area contributed by atoms with Gasteiger partial charge < -0.3 is 25.8 Å². The first-order valence-corrected chi connectivity index (χ1v) is 14.1. The molecular weight excluding hydrogens is 569 g/mol. The van der Waals surface area contributed by atoms with Crippen LogP contribution in [0.1, 0.15) is 32.3 Å². The number of alkyl halides is 1. The quantitative estimate of drug-likeness (QED) is 0.178. The van der Waals surface area contributed by atoms with Gasteiger partial charge >= 0.3 is 5.97 Å². The second-order valence-electron chi connectivity index (χ2n) is 10.6. The van der Waals surface area contributed by atoms with Crippen molar-refractivity contribution in [3.8, 4) is 11.5 Å². The third kappa shape index (κ3) is 10.6. The number of carboxylic acids is 1. The van der Waals surface area contributed by atoms with Crippen molar-refractivity contribution in [2.45, 2.75) is 45.2 Å². The molecule has 10 nitrogen and oxygen atoms in total. The molecule has 0 saturated heterocycles. The number of halogens is 1. The molecule has 0 fully saturated rings. The molecule has 0 radical (unpaired) electrons. The molecule has 4 N–H and O–H groups in total. The number of nitrogens with one attached hydrogen (secondary N) is 3. The monoisotopic (exact) mass is 605 g/mol. The van der Waals surface area contributed by atoms with Crippen molar-refractivity contribution in [3.05, 3.63) is 90.5 Å². The van der Waals surface area contributed by atoms with Crippen LogP contribution in [-0.2, 0) is 30.4 Å². The Bertz CT molecular complexity index is 1430. The fourth-order valence-corrected chi connectivity index (χ4v) is 4.41. The summed E-state index contributed by atoms with van der Waals surface area (Å²) in [4.78, 5) is 63.4. The zero-order valence-corrected chi connectivity index (χ0v) is 24.5. The number of hydrogen-bond donors (Lipinski definition) is 4. The van der Waals surface area contributed by atoms with Crippen LogP contribution in [0.2, 0.25) is 0 Å². The number of carbonyl (C=O) groups excluding carboxylic acids is 4. The number of benzene rings is 3. The van der Waals surface area contributed by atoms with E-state index in [4.69, 9.17) is 9.84 Å². The molecule has 3 amide bonds. The number of carboxylic acid groups (broad SMARTS) is 1. The second-order valence-corrected chi connectivity index (χ2v) is 10.6. The number of ketones is 1. The van der Waals surface area contributed by atoms with E-state index in [2.05, 4.69) is 16.0 Å². The standard InChI is InChI=1S/C33H36FN3O7/c1-21(2)16-26(31(41)36-27(19-30(39)40)29(38)20-34)32(42)37-28(17-22-10-5-3-6-11-22)33(43)35-23-12-9-15-25(18-23)44-24-13-7-4-8-14-24/h3-15,18,21,26-28H,16-17,19-20H2,1-2H3,(H,35,43)(H,36,41)(H,37,42)(H,39,40). The van der Waals surface area contributed by atoms with Gasteiger partial charge in [-0.2, -0.15) is 0 Å². The summed E-state index contributed by atoms with van der Waals surface area (Å²) in [7, 11) is 0. The van der Waals surface area contributed by atoms with E-state index >= 15 is 0 Å². The fourth-order valence-electron chi connectivity index (χ4n) is 4.41. The van der Waals surface area contributed by atoms with Gasteiger partial charge in [0.2, 0.25) is 17.7 Å². The zero-order valence-electron chi connectivity index (χ0n) is 24.5. The number of aliphatic carboxylic acids is 1. The van der Waals surface area contributed by atoms with Gasteiger partial charge in [-0.1, -0.05) is 68.4 Å². The van der Waals surface area contributed by atoms with Crippen LogP contribution in [0.4, 0.5) is 10.1 Å². The highest BCUT2D eigenvalue weighted by molar-refractivity contribution is 6.05. The van der Waals surface area contributed by atoms with Crippen LogP contribution in [0.5, 0.6) is 11.5 Å². The summed E-state index contributed by atoms with van der Waals surface area (Å²) < 4.78 is 18.9. The third-order valence-electron chi connectivity index (χ3n) is 6.55. The number of carbonyl (C=O) groups is 5. The maximum absolute atomic E-state index is 13.5. The lowest BCUT2D eigenvalue weighted by Crippen LogP contribution is -2.52. The number of anilines is 1. The number of Topliss-reactive ketones (excluding diaryl/α,β-unsaturated/α-hetero) is 1. The Balaban J connectivity index is 1.82. The number of rotatable bonds is 16. The van der Waals surface area contributed by atoms with E-state index in [1.54, 1.807) is 74.5 Å². The van der Waals surface area contributed by atoms with E-state index in [1.807, 2.05) is 24.3 Å². The van der Waals surface area contributed by atoms with Gasteiger partial charge in [0.25, 0.3) is 0 Å². The second kappa shape index (κ2) is 16.5. The van der Waals surface area contributed by atoms with E-state index in [0.717, 1.165) is 5.56 Å². The highest BCUT2D eigenvalue weighted by Crippen LogP contribution is 2.24. The van der Waals surface area contributed by atoms with Crippen LogP contribution < -0.4 is 20.7 Å². The molecule has 0 aliphatic heterocycles. The summed E-state index contributed by atoms with van der Waals surface area (Å²) in [5.74, 6) is -5.29. The van der Waals surface area contributed by atoms with Crippen LogP contribution >= 0.6 is 0 Å². The van der Waals surface area contributed by atoms with Crippen LogP contribution in [0.3, 0.4) is 0 Å². The Morgan fingerprint density at radius 3 is 1.95 bits per heavy atom. The van der Waals surface area contributed by atoms with Gasteiger partial charge in [0.15, 0.2) is 5.78 Å². The summed E-state index contributed by atoms with van der Waals surface area (Å²) in [5.41, 5.74) is 1.16. The first-order chi connectivity index (χ1) is 21.0. The van der Waals surface area contributed by atoms with Crippen molar-refractivity contribution in [3.63, 3.8) is 0 Å². The molecule has 3 aromatic rings. The minimum Gasteiger partial charge on any atom is -0.481 e. The number of hydrogen-bond acceptors (Lipinski definition) is 6. The molecule has 11 heteroatoms. The van der Waals surface area contributed by atoms with Crippen LogP contribution in [-0.4, -0.2) is 53.3 Å². The maximum atomic E-state index is 13.5. The first kappa shape index (κ1) is 33.4. The maximum Gasteiger partial charge on any atom is 0.305 e. The van der Waals surface area contributed by atoms with Crippen molar-refractivity contribution < 1.29 is 38.2 Å². The molecule has 3 unspecified atom stereocenters. The first-order valence-electron chi connectivity index (χ1n) is 14.1. The van der Waals surface area contributed by atoms with Gasteiger partial charge in [-0.15, -0.1) is 0 Å². The molecule has 3 atom stereocenters. The Morgan fingerprint density at radius 1 is 0.773 bits per heavy atom. The summed E-state index contributed by atoms with van der Waals surface area (Å²) in [6.07, 6.45) is -0.715. The number of amides is 3. The molecule has 0 heterocycles. The molecule has 0 aromatic heterocycles. The van der Waals surface area contributed by atoms with E-state index in [-0.39, 0.29) is 18.8 Å².